The van der Waals surface area contributed by atoms with Crippen LogP contribution in [0.2, 0.25) is 0 Å². The number of rotatable bonds is 20. The molecule has 2 aliphatic rings. The second-order valence-electron chi connectivity index (χ2n) is 22.5. The topological polar surface area (TPSA) is 127 Å². The average molecular weight is 1040 g/mol. The van der Waals surface area contributed by atoms with Crippen LogP contribution in [0.15, 0.2) is 110 Å². The quantitative estimate of drug-likeness (QED) is 0.0724. The molecule has 0 unspecified atom stereocenters. The first kappa shape index (κ1) is 60.2. The third-order valence-corrected chi connectivity index (χ3v) is 18.0. The van der Waals surface area contributed by atoms with E-state index in [9.17, 15) is 15.0 Å². The molecule has 2 heterocycles. The summed E-state index contributed by atoms with van der Waals surface area (Å²) in [6.07, 6.45) is 27.6. The van der Waals surface area contributed by atoms with Crippen LogP contribution in [0.3, 0.4) is 0 Å². The maximum atomic E-state index is 11.0. The summed E-state index contributed by atoms with van der Waals surface area (Å²) in [6.45, 7) is 21.0. The highest BCUT2D eigenvalue weighted by molar-refractivity contribution is 5.69. The van der Waals surface area contributed by atoms with Crippen molar-refractivity contribution < 1.29 is 29.3 Å². The normalized spacial score (nSPS) is 15.0. The molecular formula is C69H88N2O6. The van der Waals surface area contributed by atoms with Crippen LogP contribution < -0.4 is 0 Å². The number of aromatic nitrogens is 2. The minimum atomic E-state index is -0.476. The Labute approximate surface area is 461 Å². The molecule has 0 radical (unpaired) electrons. The van der Waals surface area contributed by atoms with Crippen LogP contribution in [-0.4, -0.2) is 44.0 Å². The summed E-state index contributed by atoms with van der Waals surface area (Å²) in [4.78, 5) is 35.7. The van der Waals surface area contributed by atoms with Gasteiger partial charge in [-0.25, -0.2) is 0 Å². The van der Waals surface area contributed by atoms with E-state index in [0.717, 1.165) is 113 Å². The first-order chi connectivity index (χ1) is 37.1. The lowest BCUT2D eigenvalue weighted by Gasteiger charge is -2.35. The summed E-state index contributed by atoms with van der Waals surface area (Å²) in [5.41, 5.74) is 19.2. The van der Waals surface area contributed by atoms with E-state index >= 15 is 0 Å². The highest BCUT2D eigenvalue weighted by Gasteiger charge is 2.34. The van der Waals surface area contributed by atoms with Gasteiger partial charge in [-0.3, -0.25) is 14.8 Å². The Bertz CT molecular complexity index is 2890. The number of hydrogen-bond donors (Lipinski definition) is 2. The first-order valence-electron chi connectivity index (χ1n) is 28.9. The van der Waals surface area contributed by atoms with E-state index < -0.39 is 11.2 Å². The third-order valence-electron chi connectivity index (χ3n) is 18.0. The average Bonchev–Trinajstić information content (AvgIpc) is 3.45. The second-order valence-corrected chi connectivity index (χ2v) is 22.5. The molecule has 2 aliphatic carbocycles. The Morgan fingerprint density at radius 1 is 0.519 bits per heavy atom. The molecule has 410 valence electrons. The lowest BCUT2D eigenvalue weighted by atomic mass is 9.69. The first-order valence-corrected chi connectivity index (χ1v) is 28.9. The molecule has 4 aromatic carbocycles. The van der Waals surface area contributed by atoms with Crippen LogP contribution in [0.25, 0.3) is 22.3 Å². The maximum Gasteiger partial charge on any atom is 0.373 e. The Kier molecular flexibility index (Phi) is 21.9. The number of aryl methyl sites for hydroxylation is 7. The highest BCUT2D eigenvalue weighted by Crippen LogP contribution is 2.44. The maximum absolute atomic E-state index is 11.0. The number of pyridine rings is 2. The Balaban J connectivity index is 0.000000238. The fraction of sp³-hybridized carbons (Fsp3) is 0.478. The number of carbonyl (C=O) groups excluding carboxylic acids is 3. The van der Waals surface area contributed by atoms with E-state index in [-0.39, 0.29) is 23.6 Å². The Hall–Kier alpha value is -6.05. The predicted octanol–water partition coefficient (Wildman–Crippen LogP) is 15.9. The zero-order valence-corrected chi connectivity index (χ0v) is 48.0. The Morgan fingerprint density at radius 2 is 0.883 bits per heavy atom. The summed E-state index contributed by atoms with van der Waals surface area (Å²) in [5.74, 6) is 0. The minimum absolute atomic E-state index is 0.00231. The zero-order chi connectivity index (χ0) is 55.6. The van der Waals surface area contributed by atoms with Gasteiger partial charge in [0.15, 0.2) is 0 Å². The van der Waals surface area contributed by atoms with Crippen molar-refractivity contribution in [2.24, 2.45) is 0 Å². The van der Waals surface area contributed by atoms with E-state index in [4.69, 9.17) is 14.3 Å². The summed E-state index contributed by atoms with van der Waals surface area (Å²) in [7, 11) is 0. The van der Waals surface area contributed by atoms with E-state index in [1.807, 2.05) is 24.7 Å². The molecule has 8 rings (SSSR count). The SMILES string of the molecule is CCC(CC)(c1ccc(CCC2(O)CCCCC2)c(C)c1)c1ccc(-c2cncc(COC=O)c2)c(C)c1.CCc1cncc(-c2ccc(C(CC)(CC)c3ccc(CCC4(O)CCCCC4)c(C)c3)cc2C)c1.O=C=O. The largest absolute Gasteiger partial charge is 0.463 e. The van der Waals surface area contributed by atoms with Crippen LogP contribution in [0.1, 0.15) is 204 Å². The fourth-order valence-electron chi connectivity index (χ4n) is 12.9. The molecule has 0 amide bonds. The molecule has 0 atom stereocenters. The molecular weight excluding hydrogens is 953 g/mol. The lowest BCUT2D eigenvalue weighted by Crippen LogP contribution is -2.31. The number of benzene rings is 4. The van der Waals surface area contributed by atoms with Crippen molar-refractivity contribution in [2.75, 3.05) is 0 Å². The third kappa shape index (κ3) is 14.8. The minimum Gasteiger partial charge on any atom is -0.463 e. The van der Waals surface area contributed by atoms with E-state index in [1.165, 1.54) is 98.0 Å². The Morgan fingerprint density at radius 3 is 1.23 bits per heavy atom. The van der Waals surface area contributed by atoms with Gasteiger partial charge in [-0.2, -0.15) is 9.59 Å². The van der Waals surface area contributed by atoms with E-state index in [1.54, 1.807) is 6.20 Å². The van der Waals surface area contributed by atoms with Crippen molar-refractivity contribution in [3.63, 3.8) is 0 Å². The highest BCUT2D eigenvalue weighted by atomic mass is 16.5. The molecule has 2 N–H and O–H groups in total. The van der Waals surface area contributed by atoms with Crippen molar-refractivity contribution >= 4 is 12.6 Å². The van der Waals surface area contributed by atoms with Crippen LogP contribution in [0, 0.1) is 27.7 Å². The van der Waals surface area contributed by atoms with Crippen molar-refractivity contribution in [3.05, 3.63) is 176 Å². The van der Waals surface area contributed by atoms with Gasteiger partial charge >= 0.3 is 6.15 Å². The summed E-state index contributed by atoms with van der Waals surface area (Å²) >= 11 is 0. The van der Waals surface area contributed by atoms with Crippen LogP contribution in [0.5, 0.6) is 0 Å². The molecule has 77 heavy (non-hydrogen) atoms. The predicted molar refractivity (Wildman–Crippen MR) is 312 cm³/mol. The molecule has 2 aromatic heterocycles. The summed E-state index contributed by atoms with van der Waals surface area (Å²) in [6, 6.07) is 32.3. The van der Waals surface area contributed by atoms with Crippen molar-refractivity contribution in [2.45, 2.75) is 213 Å². The zero-order valence-electron chi connectivity index (χ0n) is 48.0. The van der Waals surface area contributed by atoms with Gasteiger partial charge < -0.3 is 14.9 Å². The van der Waals surface area contributed by atoms with Gasteiger partial charge in [-0.1, -0.05) is 146 Å². The van der Waals surface area contributed by atoms with Crippen LogP contribution >= 0.6 is 0 Å². The molecule has 0 aliphatic heterocycles. The van der Waals surface area contributed by atoms with Gasteiger partial charge in [0.05, 0.1) is 11.2 Å². The van der Waals surface area contributed by atoms with Crippen molar-refractivity contribution in [3.8, 4) is 22.3 Å². The lowest BCUT2D eigenvalue weighted by molar-refractivity contribution is -0.191. The smallest absolute Gasteiger partial charge is 0.373 e. The molecule has 2 fully saturated rings. The van der Waals surface area contributed by atoms with Gasteiger partial charge in [-0.05, 0) is 196 Å². The van der Waals surface area contributed by atoms with Crippen molar-refractivity contribution in [1.82, 2.24) is 9.97 Å². The van der Waals surface area contributed by atoms with Gasteiger partial charge in [0.2, 0.25) is 0 Å². The van der Waals surface area contributed by atoms with E-state index in [0.29, 0.717) is 6.47 Å². The molecule has 8 heteroatoms. The molecule has 8 nitrogen and oxygen atoms in total. The number of ether oxygens (including phenoxy) is 1. The monoisotopic (exact) mass is 1040 g/mol. The molecule has 0 saturated heterocycles. The van der Waals surface area contributed by atoms with Crippen LogP contribution in [-0.2, 0) is 55.8 Å². The molecule has 0 spiro atoms. The summed E-state index contributed by atoms with van der Waals surface area (Å²) < 4.78 is 4.92. The van der Waals surface area contributed by atoms with Gasteiger partial charge in [0, 0.05) is 52.3 Å². The van der Waals surface area contributed by atoms with Gasteiger partial charge in [0.1, 0.15) is 6.61 Å². The number of carbonyl (C=O) groups is 1. The van der Waals surface area contributed by atoms with Gasteiger partial charge in [-0.15, -0.1) is 0 Å². The molecule has 6 aromatic rings. The molecule has 2 saturated carbocycles. The molecule has 0 bridgehead atoms. The second kappa shape index (κ2) is 28.0. The van der Waals surface area contributed by atoms with Crippen LogP contribution in [0.4, 0.5) is 0 Å². The fourth-order valence-corrected chi connectivity index (χ4v) is 12.9. The van der Waals surface area contributed by atoms with Gasteiger partial charge in [0.25, 0.3) is 6.47 Å². The summed E-state index contributed by atoms with van der Waals surface area (Å²) in [5, 5.41) is 22.0. The standard InChI is InChI=1S/C34H43NO3.C34H45NO.CO2/c1-5-34(6-2,30-11-10-28(25(3)18-30)14-17-33(37)15-8-7-9-16-33)31-12-13-32(26(4)19-31)29-20-27(21-35-22-29)23-38-24-36;1-6-27-22-29(24-35-23-27)32-15-14-31(21-26(32)5)34(7-2,8-3)30-13-12-28(25(4)20-30)16-19-33(36)17-10-9-11-18-33;2-1-3/h10-13,18-22,24,37H,5-9,14-17,23H2,1-4H3;12-15,20-24,36H,6-11,16-19H2,1-5H3;. The van der Waals surface area contributed by atoms with Crippen molar-refractivity contribution in [1.29, 1.82) is 0 Å². The number of nitrogens with zero attached hydrogens (tertiary/aromatic N) is 2. The van der Waals surface area contributed by atoms with E-state index in [2.05, 4.69) is 151 Å². The number of aliphatic hydroxyl groups is 2. The number of hydrogen-bond acceptors (Lipinski definition) is 8.